The van der Waals surface area contributed by atoms with Crippen LogP contribution >= 0.6 is 23.3 Å². The van der Waals surface area contributed by atoms with Gasteiger partial charge in [-0.3, -0.25) is 4.79 Å². The summed E-state index contributed by atoms with van der Waals surface area (Å²) in [5.41, 5.74) is 1.57. The number of rotatable bonds is 8. The number of nitrogens with one attached hydrogen (secondary N) is 1. The molecule has 5 nitrogen and oxygen atoms in total. The topological polar surface area (TPSA) is 54.5 Å². The molecular weight excluding hydrogens is 385 g/mol. The Hall–Kier alpha value is -2.58. The molecule has 1 atom stereocenters. The Morgan fingerprint density at radius 3 is 2.78 bits per heavy atom. The zero-order valence-electron chi connectivity index (χ0n) is 14.8. The molecule has 3 rings (SSSR count). The molecule has 0 bridgehead atoms. The summed E-state index contributed by atoms with van der Waals surface area (Å²) in [6.45, 7) is 2.35. The van der Waals surface area contributed by atoms with E-state index in [0.717, 1.165) is 17.5 Å². The van der Waals surface area contributed by atoms with Crippen LogP contribution in [0, 0.1) is 5.82 Å². The van der Waals surface area contributed by atoms with Crippen LogP contribution in [0.1, 0.15) is 18.5 Å². The molecule has 0 fully saturated rings. The van der Waals surface area contributed by atoms with Crippen LogP contribution in [-0.2, 0) is 4.79 Å². The van der Waals surface area contributed by atoms with Gasteiger partial charge in [0.25, 0.3) is 6.47 Å². The van der Waals surface area contributed by atoms with Crippen LogP contribution in [0.2, 0.25) is 0 Å². The molecule has 27 heavy (non-hydrogen) atoms. The van der Waals surface area contributed by atoms with Crippen molar-refractivity contribution >= 4 is 40.6 Å². The zero-order valence-corrected chi connectivity index (χ0v) is 16.4. The lowest BCUT2D eigenvalue weighted by Gasteiger charge is -2.29. The lowest BCUT2D eigenvalue weighted by atomic mass is 10.1. The van der Waals surface area contributed by atoms with E-state index >= 15 is 0 Å². The molecule has 3 aromatic rings. The second-order valence-electron chi connectivity index (χ2n) is 5.70. The highest BCUT2D eigenvalue weighted by Gasteiger charge is 2.20. The molecule has 2 aromatic carbocycles. The monoisotopic (exact) mass is 403 g/mol. The van der Waals surface area contributed by atoms with Crippen LogP contribution in [-0.4, -0.2) is 18.5 Å². The summed E-state index contributed by atoms with van der Waals surface area (Å²) in [4.78, 5) is 17.2. The van der Waals surface area contributed by atoms with Crippen LogP contribution in [0.5, 0.6) is 5.75 Å². The van der Waals surface area contributed by atoms with E-state index in [1.807, 2.05) is 54.6 Å². The van der Waals surface area contributed by atoms with Gasteiger partial charge in [0.2, 0.25) is 0 Å². The SMILES string of the molecule is CC(c1ccccc1)N(C)c1cc(F)c(SNc2nccs2)cc1OC=O. The third-order valence-corrected chi connectivity index (χ3v) is 5.76. The summed E-state index contributed by atoms with van der Waals surface area (Å²) in [6.07, 6.45) is 1.66. The van der Waals surface area contributed by atoms with Gasteiger partial charge in [-0.2, -0.15) is 0 Å². The molecule has 0 radical (unpaired) electrons. The number of thiazole rings is 1. The number of ether oxygens (including phenoxy) is 1. The van der Waals surface area contributed by atoms with Gasteiger partial charge in [0.05, 0.1) is 16.6 Å². The first kappa shape index (κ1) is 19.2. The number of anilines is 2. The van der Waals surface area contributed by atoms with Gasteiger partial charge in [-0.05, 0) is 24.4 Å². The Labute approximate surface area is 165 Å². The number of hydrogen-bond donors (Lipinski definition) is 1. The fraction of sp³-hybridized carbons (Fsp3) is 0.158. The summed E-state index contributed by atoms with van der Waals surface area (Å²) >= 11 is 2.49. The molecule has 1 N–H and O–H groups in total. The minimum Gasteiger partial charge on any atom is -0.426 e. The van der Waals surface area contributed by atoms with Crippen LogP contribution in [0.25, 0.3) is 0 Å². The molecule has 1 aromatic heterocycles. The Morgan fingerprint density at radius 1 is 1.33 bits per heavy atom. The maximum absolute atomic E-state index is 14.7. The standard InChI is InChI=1S/C19H18FN3O2S2/c1-13(14-6-4-3-5-7-14)23(2)16-10-15(20)18(11-17(16)25-12-24)27-22-19-21-8-9-26-19/h3-13H,1-2H3,(H,21,22). The summed E-state index contributed by atoms with van der Waals surface area (Å²) < 4.78 is 22.8. The van der Waals surface area contributed by atoms with E-state index in [1.54, 1.807) is 6.20 Å². The highest BCUT2D eigenvalue weighted by Crippen LogP contribution is 2.38. The molecule has 140 valence electrons. The Bertz CT molecular complexity index is 891. The average molecular weight is 404 g/mol. The normalized spacial score (nSPS) is 11.7. The lowest BCUT2D eigenvalue weighted by Crippen LogP contribution is -2.22. The maximum atomic E-state index is 14.7. The number of carbonyl (C=O) groups is 1. The fourth-order valence-electron chi connectivity index (χ4n) is 2.56. The molecule has 1 unspecified atom stereocenters. The van der Waals surface area contributed by atoms with Crippen molar-refractivity contribution in [2.45, 2.75) is 17.9 Å². The maximum Gasteiger partial charge on any atom is 0.298 e. The minimum atomic E-state index is -0.413. The van der Waals surface area contributed by atoms with Gasteiger partial charge in [0.15, 0.2) is 10.9 Å². The summed E-state index contributed by atoms with van der Waals surface area (Å²) in [7, 11) is 1.84. The van der Waals surface area contributed by atoms with Crippen LogP contribution in [0.15, 0.2) is 58.9 Å². The summed E-state index contributed by atoms with van der Waals surface area (Å²) in [5.74, 6) is -0.121. The van der Waals surface area contributed by atoms with Gasteiger partial charge in [-0.25, -0.2) is 9.37 Å². The quantitative estimate of drug-likeness (QED) is 0.415. The minimum absolute atomic E-state index is 0.0356. The van der Waals surface area contributed by atoms with Gasteiger partial charge in [-0.15, -0.1) is 11.3 Å². The second-order valence-corrected chi connectivity index (χ2v) is 7.45. The van der Waals surface area contributed by atoms with Crippen molar-refractivity contribution < 1.29 is 13.9 Å². The van der Waals surface area contributed by atoms with Crippen molar-refractivity contribution in [3.63, 3.8) is 0 Å². The highest BCUT2D eigenvalue weighted by molar-refractivity contribution is 8.00. The molecule has 8 heteroatoms. The van der Waals surface area contributed by atoms with Crippen molar-refractivity contribution in [1.82, 2.24) is 4.98 Å². The van der Waals surface area contributed by atoms with Crippen molar-refractivity contribution in [1.29, 1.82) is 0 Å². The third kappa shape index (κ3) is 4.58. The predicted molar refractivity (Wildman–Crippen MR) is 108 cm³/mol. The molecule has 1 heterocycles. The van der Waals surface area contributed by atoms with Gasteiger partial charge in [0.1, 0.15) is 5.82 Å². The molecule has 0 amide bonds. The first-order valence-electron chi connectivity index (χ1n) is 8.14. The van der Waals surface area contributed by atoms with Crippen LogP contribution in [0.3, 0.4) is 0 Å². The van der Waals surface area contributed by atoms with E-state index < -0.39 is 5.82 Å². The Morgan fingerprint density at radius 2 is 2.11 bits per heavy atom. The molecule has 0 aliphatic rings. The Kier molecular flexibility index (Phi) is 6.31. The largest absolute Gasteiger partial charge is 0.426 e. The average Bonchev–Trinajstić information content (AvgIpc) is 3.21. The highest BCUT2D eigenvalue weighted by atomic mass is 32.2. The molecule has 0 aliphatic carbocycles. The number of hydrogen-bond acceptors (Lipinski definition) is 7. The number of nitrogens with zero attached hydrogens (tertiary/aromatic N) is 2. The van der Waals surface area contributed by atoms with Crippen LogP contribution in [0.4, 0.5) is 15.2 Å². The molecule has 0 saturated carbocycles. The third-order valence-electron chi connectivity index (χ3n) is 4.11. The van der Waals surface area contributed by atoms with E-state index in [1.165, 1.54) is 23.5 Å². The van der Waals surface area contributed by atoms with Crippen molar-refractivity contribution in [2.75, 3.05) is 16.7 Å². The molecule has 0 spiro atoms. The summed E-state index contributed by atoms with van der Waals surface area (Å²) in [6, 6.07) is 12.7. The van der Waals surface area contributed by atoms with E-state index in [2.05, 4.69) is 9.71 Å². The van der Waals surface area contributed by atoms with Crippen LogP contribution < -0.4 is 14.4 Å². The second kappa shape index (κ2) is 8.88. The molecule has 0 saturated heterocycles. The number of aromatic nitrogens is 1. The summed E-state index contributed by atoms with van der Waals surface area (Å²) in [5, 5.41) is 2.49. The van der Waals surface area contributed by atoms with Gasteiger partial charge < -0.3 is 14.4 Å². The van der Waals surface area contributed by atoms with E-state index in [4.69, 9.17) is 4.74 Å². The smallest absolute Gasteiger partial charge is 0.298 e. The first-order valence-corrected chi connectivity index (χ1v) is 9.83. The molecular formula is C19H18FN3O2S2. The number of halogens is 1. The number of benzene rings is 2. The van der Waals surface area contributed by atoms with E-state index in [0.29, 0.717) is 27.9 Å². The van der Waals surface area contributed by atoms with Gasteiger partial charge in [-0.1, -0.05) is 30.3 Å². The van der Waals surface area contributed by atoms with E-state index in [9.17, 15) is 9.18 Å². The zero-order chi connectivity index (χ0) is 19.2. The van der Waals surface area contributed by atoms with Crippen molar-refractivity contribution in [2.24, 2.45) is 0 Å². The molecule has 0 aliphatic heterocycles. The fourth-order valence-corrected chi connectivity index (χ4v) is 3.82. The first-order chi connectivity index (χ1) is 13.1. The number of carbonyl (C=O) groups excluding carboxylic acids is 1. The van der Waals surface area contributed by atoms with Gasteiger partial charge in [0, 0.05) is 30.8 Å². The van der Waals surface area contributed by atoms with E-state index in [-0.39, 0.29) is 6.04 Å². The Balaban J connectivity index is 1.87. The van der Waals surface area contributed by atoms with Crippen molar-refractivity contribution in [3.05, 3.63) is 65.4 Å². The van der Waals surface area contributed by atoms with Crippen molar-refractivity contribution in [3.8, 4) is 5.75 Å². The van der Waals surface area contributed by atoms with Gasteiger partial charge >= 0.3 is 0 Å². The lowest BCUT2D eigenvalue weighted by molar-refractivity contribution is -0.120. The predicted octanol–water partition coefficient (Wildman–Crippen LogP) is 5.13.